The van der Waals surface area contributed by atoms with Gasteiger partial charge in [-0.25, -0.2) is 4.98 Å². The van der Waals surface area contributed by atoms with Crippen LogP contribution in [-0.2, 0) is 4.79 Å². The number of benzene rings is 2. The monoisotopic (exact) mass is 339 g/mol. The summed E-state index contributed by atoms with van der Waals surface area (Å²) in [6.45, 7) is 5.50. The maximum absolute atomic E-state index is 12.3. The number of hydrogen-bond donors (Lipinski definition) is 2. The molecule has 0 atom stereocenters. The number of carbonyl (C=O) groups is 2. The summed E-state index contributed by atoms with van der Waals surface area (Å²) in [5, 5.41) is 6.08. The van der Waals surface area contributed by atoms with Crippen LogP contribution in [0.5, 0.6) is 0 Å². The summed E-state index contributed by atoms with van der Waals surface area (Å²) in [6, 6.07) is 10.9. The molecule has 3 aromatic rings. The van der Waals surface area contributed by atoms with Gasteiger partial charge in [0.05, 0.1) is 10.2 Å². The minimum absolute atomic E-state index is 0.146. The summed E-state index contributed by atoms with van der Waals surface area (Å²) in [6.07, 6.45) is 0. The second-order valence-corrected chi connectivity index (χ2v) is 6.69. The molecular formula is C18H17N3O2S. The Morgan fingerprint density at radius 2 is 1.75 bits per heavy atom. The Kier molecular flexibility index (Phi) is 4.31. The summed E-state index contributed by atoms with van der Waals surface area (Å²) in [5.41, 5.74) is 4.36. The summed E-state index contributed by atoms with van der Waals surface area (Å²) in [7, 11) is 0. The number of amides is 2. The van der Waals surface area contributed by atoms with Crippen LogP contribution in [0, 0.1) is 13.8 Å². The number of anilines is 2. The smallest absolute Gasteiger partial charge is 0.257 e. The Hall–Kier alpha value is -2.73. The maximum atomic E-state index is 12.3. The SMILES string of the molecule is CC(=O)Nc1ccc(C(=O)Nc2nc3c(C)cc(C)cc3s2)cc1. The van der Waals surface area contributed by atoms with E-state index in [0.29, 0.717) is 16.4 Å². The molecule has 3 rings (SSSR count). The molecule has 0 aliphatic carbocycles. The minimum Gasteiger partial charge on any atom is -0.326 e. The van der Waals surface area contributed by atoms with E-state index < -0.39 is 0 Å². The zero-order valence-electron chi connectivity index (χ0n) is 13.6. The van der Waals surface area contributed by atoms with Gasteiger partial charge >= 0.3 is 0 Å². The highest BCUT2D eigenvalue weighted by molar-refractivity contribution is 7.22. The van der Waals surface area contributed by atoms with E-state index in [2.05, 4.69) is 27.8 Å². The van der Waals surface area contributed by atoms with Crippen LogP contribution in [-0.4, -0.2) is 16.8 Å². The highest BCUT2D eigenvalue weighted by atomic mass is 32.1. The molecule has 1 heterocycles. The van der Waals surface area contributed by atoms with Crippen molar-refractivity contribution in [3.05, 3.63) is 53.1 Å². The summed E-state index contributed by atoms with van der Waals surface area (Å²) >= 11 is 1.46. The van der Waals surface area contributed by atoms with Gasteiger partial charge in [-0.15, -0.1) is 0 Å². The lowest BCUT2D eigenvalue weighted by molar-refractivity contribution is -0.114. The van der Waals surface area contributed by atoms with Crippen LogP contribution < -0.4 is 10.6 Å². The van der Waals surface area contributed by atoms with Gasteiger partial charge in [-0.05, 0) is 55.3 Å². The number of aryl methyl sites for hydroxylation is 2. The molecular weight excluding hydrogens is 322 g/mol. The van der Waals surface area contributed by atoms with E-state index >= 15 is 0 Å². The number of hydrogen-bond acceptors (Lipinski definition) is 4. The lowest BCUT2D eigenvalue weighted by Crippen LogP contribution is -2.12. The Bertz CT molecular complexity index is 929. The van der Waals surface area contributed by atoms with E-state index in [1.807, 2.05) is 13.8 Å². The molecule has 5 nitrogen and oxygen atoms in total. The van der Waals surface area contributed by atoms with Crippen molar-refractivity contribution in [2.45, 2.75) is 20.8 Å². The fourth-order valence-electron chi connectivity index (χ4n) is 2.50. The van der Waals surface area contributed by atoms with Crippen LogP contribution in [0.25, 0.3) is 10.2 Å². The summed E-state index contributed by atoms with van der Waals surface area (Å²) in [5.74, 6) is -0.370. The van der Waals surface area contributed by atoms with Crippen LogP contribution in [0.2, 0.25) is 0 Å². The molecule has 0 spiro atoms. The van der Waals surface area contributed by atoms with Crippen molar-refractivity contribution in [3.8, 4) is 0 Å². The molecule has 0 saturated carbocycles. The number of carbonyl (C=O) groups excluding carboxylic acids is 2. The summed E-state index contributed by atoms with van der Waals surface area (Å²) in [4.78, 5) is 27.9. The van der Waals surface area contributed by atoms with Gasteiger partial charge in [-0.2, -0.15) is 0 Å². The molecule has 0 unspecified atom stereocenters. The molecule has 0 radical (unpaired) electrons. The fraction of sp³-hybridized carbons (Fsp3) is 0.167. The average Bonchev–Trinajstić information content (AvgIpc) is 2.90. The topological polar surface area (TPSA) is 71.1 Å². The molecule has 122 valence electrons. The molecule has 24 heavy (non-hydrogen) atoms. The average molecular weight is 339 g/mol. The first kappa shape index (κ1) is 16.1. The standard InChI is InChI=1S/C18H17N3O2S/c1-10-8-11(2)16-15(9-10)24-18(20-16)21-17(23)13-4-6-14(7-5-13)19-12(3)22/h4-9H,1-3H3,(H,19,22)(H,20,21,23). The lowest BCUT2D eigenvalue weighted by atomic mass is 10.1. The van der Waals surface area contributed by atoms with Crippen LogP contribution >= 0.6 is 11.3 Å². The van der Waals surface area contributed by atoms with Crippen molar-refractivity contribution in [2.75, 3.05) is 10.6 Å². The quantitative estimate of drug-likeness (QED) is 0.754. The third kappa shape index (κ3) is 3.44. The Balaban J connectivity index is 1.79. The molecule has 6 heteroatoms. The second kappa shape index (κ2) is 6.41. The number of nitrogens with zero attached hydrogens (tertiary/aromatic N) is 1. The predicted octanol–water partition coefficient (Wildman–Crippen LogP) is 4.12. The van der Waals surface area contributed by atoms with E-state index in [-0.39, 0.29) is 11.8 Å². The molecule has 2 aromatic carbocycles. The van der Waals surface area contributed by atoms with Crippen molar-refractivity contribution in [3.63, 3.8) is 0 Å². The van der Waals surface area contributed by atoms with Gasteiger partial charge in [-0.3, -0.25) is 14.9 Å². The van der Waals surface area contributed by atoms with Crippen molar-refractivity contribution in [1.29, 1.82) is 0 Å². The number of thiazole rings is 1. The van der Waals surface area contributed by atoms with Crippen molar-refractivity contribution in [1.82, 2.24) is 4.98 Å². The van der Waals surface area contributed by atoms with Gasteiger partial charge in [0.1, 0.15) is 0 Å². The molecule has 0 fully saturated rings. The number of aromatic nitrogens is 1. The first-order valence-electron chi connectivity index (χ1n) is 7.49. The first-order valence-corrected chi connectivity index (χ1v) is 8.31. The lowest BCUT2D eigenvalue weighted by Gasteiger charge is -2.04. The molecule has 2 N–H and O–H groups in total. The van der Waals surface area contributed by atoms with E-state index in [9.17, 15) is 9.59 Å². The van der Waals surface area contributed by atoms with Crippen molar-refractivity contribution < 1.29 is 9.59 Å². The Morgan fingerprint density at radius 1 is 1.04 bits per heavy atom. The van der Waals surface area contributed by atoms with Crippen molar-refractivity contribution in [2.24, 2.45) is 0 Å². The van der Waals surface area contributed by atoms with Crippen LogP contribution in [0.4, 0.5) is 10.8 Å². The van der Waals surface area contributed by atoms with Gasteiger partial charge in [0.25, 0.3) is 5.91 Å². The Morgan fingerprint density at radius 3 is 2.42 bits per heavy atom. The van der Waals surface area contributed by atoms with Crippen LogP contribution in [0.3, 0.4) is 0 Å². The van der Waals surface area contributed by atoms with Gasteiger partial charge in [0.15, 0.2) is 5.13 Å². The third-order valence-corrected chi connectivity index (χ3v) is 4.44. The number of fused-ring (bicyclic) bond motifs is 1. The highest BCUT2D eigenvalue weighted by Gasteiger charge is 2.11. The molecule has 2 amide bonds. The van der Waals surface area contributed by atoms with Gasteiger partial charge < -0.3 is 5.32 Å². The Labute approximate surface area is 143 Å². The van der Waals surface area contributed by atoms with Gasteiger partial charge in [0.2, 0.25) is 5.91 Å². The zero-order chi connectivity index (χ0) is 17.3. The highest BCUT2D eigenvalue weighted by Crippen LogP contribution is 2.29. The second-order valence-electron chi connectivity index (χ2n) is 5.66. The molecule has 0 aliphatic rings. The number of rotatable bonds is 3. The van der Waals surface area contributed by atoms with E-state index in [1.165, 1.54) is 23.8 Å². The maximum Gasteiger partial charge on any atom is 0.257 e. The van der Waals surface area contributed by atoms with Crippen LogP contribution in [0.1, 0.15) is 28.4 Å². The van der Waals surface area contributed by atoms with Crippen LogP contribution in [0.15, 0.2) is 36.4 Å². The predicted molar refractivity (Wildman–Crippen MR) is 97.8 cm³/mol. The van der Waals surface area contributed by atoms with Crippen molar-refractivity contribution >= 4 is 44.2 Å². The molecule has 1 aromatic heterocycles. The van der Waals surface area contributed by atoms with E-state index in [1.54, 1.807) is 24.3 Å². The first-order chi connectivity index (χ1) is 11.4. The molecule has 0 bridgehead atoms. The summed E-state index contributed by atoms with van der Waals surface area (Å²) < 4.78 is 1.06. The third-order valence-electron chi connectivity index (χ3n) is 3.52. The minimum atomic E-state index is -0.224. The zero-order valence-corrected chi connectivity index (χ0v) is 14.5. The normalized spacial score (nSPS) is 10.6. The van der Waals surface area contributed by atoms with E-state index in [4.69, 9.17) is 0 Å². The fourth-order valence-corrected chi connectivity index (χ4v) is 3.54. The van der Waals surface area contributed by atoms with E-state index in [0.717, 1.165) is 15.8 Å². The van der Waals surface area contributed by atoms with Gasteiger partial charge in [0, 0.05) is 18.2 Å². The number of nitrogens with one attached hydrogen (secondary N) is 2. The molecule has 0 aliphatic heterocycles. The van der Waals surface area contributed by atoms with Gasteiger partial charge in [-0.1, -0.05) is 17.4 Å². The molecule has 0 saturated heterocycles. The largest absolute Gasteiger partial charge is 0.326 e.